The van der Waals surface area contributed by atoms with E-state index in [1.54, 1.807) is 5.32 Å². The van der Waals surface area contributed by atoms with Gasteiger partial charge in [0, 0.05) is 13.5 Å². The van der Waals surface area contributed by atoms with Gasteiger partial charge >= 0.3 is 12.1 Å². The summed E-state index contributed by atoms with van der Waals surface area (Å²) in [4.78, 5) is 33.6. The number of hydrogen-bond donors (Lipinski definition) is 1. The Kier molecular flexibility index (Phi) is 3.20. The molecule has 0 aromatic rings. The van der Waals surface area contributed by atoms with Crippen molar-refractivity contribution in [1.29, 1.82) is 0 Å². The highest BCUT2D eigenvalue weighted by Crippen LogP contribution is 2.17. The summed E-state index contributed by atoms with van der Waals surface area (Å²) in [6.07, 6.45) is -5.20. The Morgan fingerprint density at radius 2 is 2.00 bits per heavy atom. The van der Waals surface area contributed by atoms with Crippen molar-refractivity contribution in [2.24, 2.45) is 0 Å². The van der Waals surface area contributed by atoms with Gasteiger partial charge in [-0.1, -0.05) is 0 Å². The van der Waals surface area contributed by atoms with E-state index in [1.807, 2.05) is 0 Å². The maximum atomic E-state index is 11.9. The van der Waals surface area contributed by atoms with Gasteiger partial charge in [0.2, 0.25) is 5.91 Å². The molecule has 1 unspecified atom stereocenters. The largest absolute Gasteiger partial charge is 0.471 e. The molecule has 1 rings (SSSR count). The van der Waals surface area contributed by atoms with Crippen molar-refractivity contribution < 1.29 is 27.6 Å². The van der Waals surface area contributed by atoms with Crippen molar-refractivity contribution in [3.8, 4) is 0 Å². The maximum absolute atomic E-state index is 11.9. The highest BCUT2D eigenvalue weighted by molar-refractivity contribution is 6.01. The number of carbonyl (C=O) groups is 3. The topological polar surface area (TPSA) is 66.5 Å². The number of halogens is 3. The minimum absolute atomic E-state index is 0.0644. The van der Waals surface area contributed by atoms with E-state index < -0.39 is 29.9 Å². The van der Waals surface area contributed by atoms with Crippen LogP contribution in [0, 0.1) is 0 Å². The van der Waals surface area contributed by atoms with E-state index in [1.165, 1.54) is 0 Å². The van der Waals surface area contributed by atoms with Crippen LogP contribution in [0.3, 0.4) is 0 Å². The van der Waals surface area contributed by atoms with E-state index >= 15 is 0 Å². The number of likely N-dealkylation sites (N-methyl/N-ethyl adjacent to an activating group) is 1. The fourth-order valence-corrected chi connectivity index (χ4v) is 1.29. The lowest BCUT2D eigenvalue weighted by molar-refractivity contribution is -0.175. The Balaban J connectivity index is 2.66. The molecule has 0 aliphatic carbocycles. The number of likely N-dealkylation sites (tertiary alicyclic amines) is 1. The fourth-order valence-electron chi connectivity index (χ4n) is 1.29. The SMILES string of the molecule is CN1C(=O)CCC(NC(=O)C(F)(F)F)C1=O. The van der Waals surface area contributed by atoms with Gasteiger partial charge in [0.15, 0.2) is 0 Å². The van der Waals surface area contributed by atoms with Crippen LogP contribution in [0.4, 0.5) is 13.2 Å². The Morgan fingerprint density at radius 1 is 1.44 bits per heavy atom. The number of amides is 3. The van der Waals surface area contributed by atoms with E-state index in [4.69, 9.17) is 0 Å². The average molecular weight is 238 g/mol. The molecule has 1 fully saturated rings. The standard InChI is InChI=1S/C8H9F3N2O3/c1-13-5(14)3-2-4(6(13)15)12-7(16)8(9,10)11/h4H,2-3H2,1H3,(H,12,16). The summed E-state index contributed by atoms with van der Waals surface area (Å²) in [5, 5.41) is 1.55. The lowest BCUT2D eigenvalue weighted by Crippen LogP contribution is -2.55. The molecule has 0 aromatic heterocycles. The molecule has 1 saturated heterocycles. The molecule has 0 spiro atoms. The van der Waals surface area contributed by atoms with Gasteiger partial charge in [0.05, 0.1) is 0 Å². The number of imide groups is 1. The summed E-state index contributed by atoms with van der Waals surface area (Å²) < 4.78 is 35.7. The van der Waals surface area contributed by atoms with Gasteiger partial charge in [-0.25, -0.2) is 0 Å². The quantitative estimate of drug-likeness (QED) is 0.644. The molecule has 0 saturated carbocycles. The van der Waals surface area contributed by atoms with Crippen LogP contribution < -0.4 is 5.32 Å². The zero-order valence-electron chi connectivity index (χ0n) is 8.30. The van der Waals surface area contributed by atoms with E-state index in [-0.39, 0.29) is 12.8 Å². The molecule has 8 heteroatoms. The monoisotopic (exact) mass is 238 g/mol. The molecule has 1 atom stereocenters. The third-order valence-corrected chi connectivity index (χ3v) is 2.21. The van der Waals surface area contributed by atoms with E-state index in [0.29, 0.717) is 4.90 Å². The van der Waals surface area contributed by atoms with Gasteiger partial charge in [-0.2, -0.15) is 13.2 Å². The third kappa shape index (κ3) is 2.50. The zero-order valence-corrected chi connectivity index (χ0v) is 8.30. The number of hydrogen-bond acceptors (Lipinski definition) is 3. The van der Waals surface area contributed by atoms with Crippen molar-refractivity contribution in [2.75, 3.05) is 7.05 Å². The summed E-state index contributed by atoms with van der Waals surface area (Å²) in [6, 6.07) is -1.28. The van der Waals surface area contributed by atoms with E-state index in [2.05, 4.69) is 0 Å². The van der Waals surface area contributed by atoms with Crippen molar-refractivity contribution in [3.63, 3.8) is 0 Å². The van der Waals surface area contributed by atoms with Gasteiger partial charge in [-0.3, -0.25) is 19.3 Å². The summed E-state index contributed by atoms with van der Waals surface area (Å²) in [5.41, 5.74) is 0. The second-order valence-electron chi connectivity index (χ2n) is 3.35. The molecule has 1 N–H and O–H groups in total. The van der Waals surface area contributed by atoms with Crippen LogP contribution in [0.25, 0.3) is 0 Å². The molecule has 90 valence electrons. The second kappa shape index (κ2) is 4.11. The van der Waals surface area contributed by atoms with Crippen molar-refractivity contribution in [2.45, 2.75) is 25.1 Å². The van der Waals surface area contributed by atoms with Gasteiger partial charge in [-0.05, 0) is 6.42 Å². The van der Waals surface area contributed by atoms with Crippen LogP contribution in [0.2, 0.25) is 0 Å². The van der Waals surface area contributed by atoms with Crippen molar-refractivity contribution in [3.05, 3.63) is 0 Å². The van der Waals surface area contributed by atoms with Crippen LogP contribution >= 0.6 is 0 Å². The zero-order chi connectivity index (χ0) is 12.5. The number of nitrogens with zero attached hydrogens (tertiary/aromatic N) is 1. The first-order valence-corrected chi connectivity index (χ1v) is 4.41. The second-order valence-corrected chi connectivity index (χ2v) is 3.35. The lowest BCUT2D eigenvalue weighted by Gasteiger charge is -2.28. The van der Waals surface area contributed by atoms with Crippen LogP contribution in [0.5, 0.6) is 0 Å². The molecule has 16 heavy (non-hydrogen) atoms. The molecule has 5 nitrogen and oxygen atoms in total. The van der Waals surface area contributed by atoms with E-state index in [9.17, 15) is 27.6 Å². The van der Waals surface area contributed by atoms with Gasteiger partial charge in [-0.15, -0.1) is 0 Å². The molecule has 1 heterocycles. The van der Waals surface area contributed by atoms with Crippen LogP contribution in [0.15, 0.2) is 0 Å². The molecule has 3 amide bonds. The van der Waals surface area contributed by atoms with Crippen molar-refractivity contribution >= 4 is 17.7 Å². The predicted octanol–water partition coefficient (Wildman–Crippen LogP) is -0.188. The summed E-state index contributed by atoms with van der Waals surface area (Å²) in [7, 11) is 1.16. The Bertz CT molecular complexity index is 340. The lowest BCUT2D eigenvalue weighted by atomic mass is 10.0. The minimum Gasteiger partial charge on any atom is -0.336 e. The first-order chi connectivity index (χ1) is 7.23. The molecule has 0 bridgehead atoms. The molecule has 1 aliphatic heterocycles. The number of alkyl halides is 3. The Labute approximate surface area is 88.6 Å². The number of piperidine rings is 1. The van der Waals surface area contributed by atoms with E-state index in [0.717, 1.165) is 7.05 Å². The summed E-state index contributed by atoms with van der Waals surface area (Å²) in [6.45, 7) is 0. The summed E-state index contributed by atoms with van der Waals surface area (Å²) in [5.74, 6) is -3.47. The van der Waals surface area contributed by atoms with Gasteiger partial charge in [0.25, 0.3) is 5.91 Å². The molecule has 0 radical (unpaired) electrons. The highest BCUT2D eigenvalue weighted by Gasteiger charge is 2.42. The predicted molar refractivity (Wildman–Crippen MR) is 45.0 cm³/mol. The Morgan fingerprint density at radius 3 is 2.50 bits per heavy atom. The third-order valence-electron chi connectivity index (χ3n) is 2.21. The number of nitrogens with one attached hydrogen (secondary N) is 1. The number of rotatable bonds is 1. The average Bonchev–Trinajstić information content (AvgIpc) is 2.17. The van der Waals surface area contributed by atoms with Crippen LogP contribution in [0.1, 0.15) is 12.8 Å². The summed E-state index contributed by atoms with van der Waals surface area (Å²) >= 11 is 0. The Hall–Kier alpha value is -1.60. The first-order valence-electron chi connectivity index (χ1n) is 4.41. The smallest absolute Gasteiger partial charge is 0.336 e. The van der Waals surface area contributed by atoms with Crippen LogP contribution in [-0.4, -0.2) is 41.9 Å². The van der Waals surface area contributed by atoms with Crippen LogP contribution in [-0.2, 0) is 14.4 Å². The maximum Gasteiger partial charge on any atom is 0.471 e. The van der Waals surface area contributed by atoms with Gasteiger partial charge < -0.3 is 5.32 Å². The first kappa shape index (κ1) is 12.5. The highest BCUT2D eigenvalue weighted by atomic mass is 19.4. The van der Waals surface area contributed by atoms with Gasteiger partial charge in [0.1, 0.15) is 6.04 Å². The number of carbonyl (C=O) groups excluding carboxylic acids is 3. The fraction of sp³-hybridized carbons (Fsp3) is 0.625. The molecule has 1 aliphatic rings. The normalized spacial score (nSPS) is 22.2. The van der Waals surface area contributed by atoms with Crippen molar-refractivity contribution in [1.82, 2.24) is 10.2 Å². The molecular formula is C8H9F3N2O3. The molecular weight excluding hydrogens is 229 g/mol. The molecule has 0 aromatic carbocycles. The minimum atomic E-state index is -5.03.